The Hall–Kier alpha value is -8.01. The van der Waals surface area contributed by atoms with Crippen LogP contribution in [0, 0.1) is 0 Å². The Balaban J connectivity index is 0.000000215. The van der Waals surface area contributed by atoms with E-state index in [4.69, 9.17) is 19.4 Å². The molecule has 2 aliphatic heterocycles. The van der Waals surface area contributed by atoms with Gasteiger partial charge in [-0.05, 0) is 125 Å². The number of hydrogen-bond acceptors (Lipinski definition) is 13. The number of carbonyl (C=O) groups excluding carboxylic acids is 4. The molecule has 2 fully saturated rings. The molecule has 432 valence electrons. The van der Waals surface area contributed by atoms with E-state index in [1.54, 1.807) is 36.9 Å². The fourth-order valence-corrected chi connectivity index (χ4v) is 10.3. The number of likely N-dealkylation sites (tertiary alicyclic amines) is 2. The largest absolute Gasteiger partial charge is 0.534 e. The molecule has 4 heterocycles. The number of carbonyl (C=O) groups is 4. The molecule has 0 radical (unpaired) electrons. The summed E-state index contributed by atoms with van der Waals surface area (Å²) in [5.41, 5.74) is -0.401. The first-order valence-electron chi connectivity index (χ1n) is 27.0. The molecule has 22 heteroatoms. The highest BCUT2D eigenvalue weighted by atomic mass is 32.2. The number of alkyl halides is 6. The van der Waals surface area contributed by atoms with Crippen molar-refractivity contribution in [2.75, 3.05) is 39.4 Å². The molecule has 9 rings (SSSR count). The van der Waals surface area contributed by atoms with Crippen molar-refractivity contribution in [2.45, 2.75) is 102 Å². The summed E-state index contributed by atoms with van der Waals surface area (Å²) in [6.45, 7) is 6.37. The molecule has 2 unspecified atom stereocenters. The van der Waals surface area contributed by atoms with Crippen LogP contribution in [0.3, 0.4) is 0 Å². The van der Waals surface area contributed by atoms with Gasteiger partial charge < -0.3 is 23.5 Å². The number of hydrogen-bond donors (Lipinski definition) is 0. The Bertz CT molecular complexity index is 3500. The summed E-state index contributed by atoms with van der Waals surface area (Å²) in [5, 5.41) is 0. The minimum atomic E-state index is -5.99. The summed E-state index contributed by atoms with van der Waals surface area (Å²) in [6, 6.07) is 34.5. The third-order valence-corrected chi connectivity index (χ3v) is 15.0. The van der Waals surface area contributed by atoms with Crippen LogP contribution in [0.2, 0.25) is 0 Å². The Kier molecular flexibility index (Phi) is 19.6. The van der Waals surface area contributed by atoms with Gasteiger partial charge in [0, 0.05) is 67.5 Å². The van der Waals surface area contributed by atoms with Crippen LogP contribution in [0.4, 0.5) is 26.3 Å². The van der Waals surface area contributed by atoms with Crippen molar-refractivity contribution in [2.24, 2.45) is 0 Å². The van der Waals surface area contributed by atoms with Gasteiger partial charge in [-0.25, -0.2) is 19.9 Å². The average molecular weight is 1160 g/mol. The summed E-state index contributed by atoms with van der Waals surface area (Å²) in [5.74, 6) is -1.29. The maximum Gasteiger partial charge on any atom is 0.534 e. The van der Waals surface area contributed by atoms with Gasteiger partial charge in [-0.2, -0.15) is 34.8 Å². The molecule has 2 amide bonds. The van der Waals surface area contributed by atoms with Crippen molar-refractivity contribution in [3.63, 3.8) is 0 Å². The van der Waals surface area contributed by atoms with E-state index in [1.165, 1.54) is 35.9 Å². The highest BCUT2D eigenvalue weighted by Crippen LogP contribution is 2.35. The molecule has 2 atom stereocenters. The molecule has 82 heavy (non-hydrogen) atoms. The van der Waals surface area contributed by atoms with Crippen LogP contribution < -0.4 is 4.18 Å². The predicted octanol–water partition coefficient (Wildman–Crippen LogP) is 12.0. The van der Waals surface area contributed by atoms with Crippen LogP contribution in [0.25, 0.3) is 33.3 Å². The van der Waals surface area contributed by atoms with Crippen molar-refractivity contribution >= 4 is 55.9 Å². The molecule has 0 spiro atoms. The average Bonchev–Trinajstić information content (AvgIpc) is 3.78. The molecule has 5 aromatic carbocycles. The number of amides is 2. The minimum Gasteiger partial charge on any atom is -0.466 e. The van der Waals surface area contributed by atoms with E-state index in [0.29, 0.717) is 103 Å². The van der Waals surface area contributed by atoms with Gasteiger partial charge in [-0.1, -0.05) is 72.8 Å². The van der Waals surface area contributed by atoms with E-state index in [2.05, 4.69) is 26.3 Å². The van der Waals surface area contributed by atoms with Gasteiger partial charge >= 0.3 is 33.7 Å². The molecular formula is C60H60F6N6O9S. The SMILES string of the molecule is CCOC(=O)CCCCc1nc2cc(C(=O)N3CCC(c4ccccc4)C3)ccc2nc1-c1ccc(C(F)(F)F)cc1.CCOC(=O)CCCCc1nc2cc(C(=O)N3CCC(c4ccccc4)C3)ccc2nc1OS(=O)(=O)C(F)(F)F. The van der Waals surface area contributed by atoms with Gasteiger partial charge in [0.25, 0.3) is 17.7 Å². The normalized spacial score (nSPS) is 15.5. The highest BCUT2D eigenvalue weighted by Gasteiger charge is 2.49. The van der Waals surface area contributed by atoms with E-state index < -0.39 is 39.2 Å². The third kappa shape index (κ3) is 15.3. The lowest BCUT2D eigenvalue weighted by Gasteiger charge is -2.17. The zero-order chi connectivity index (χ0) is 58.6. The van der Waals surface area contributed by atoms with Crippen molar-refractivity contribution < 1.29 is 67.6 Å². The van der Waals surface area contributed by atoms with Crippen LogP contribution in [-0.4, -0.2) is 107 Å². The van der Waals surface area contributed by atoms with Gasteiger partial charge in [0.1, 0.15) is 5.69 Å². The second-order valence-electron chi connectivity index (χ2n) is 19.8. The van der Waals surface area contributed by atoms with E-state index in [1.807, 2.05) is 53.4 Å². The van der Waals surface area contributed by atoms with Crippen LogP contribution in [-0.2, 0) is 48.2 Å². The predicted molar refractivity (Wildman–Crippen MR) is 293 cm³/mol. The van der Waals surface area contributed by atoms with Gasteiger partial charge in [-0.15, -0.1) is 0 Å². The maximum absolute atomic E-state index is 13.4. The monoisotopic (exact) mass is 1150 g/mol. The number of unbranched alkanes of at least 4 members (excludes halogenated alkanes) is 2. The maximum atomic E-state index is 13.4. The zero-order valence-corrected chi connectivity index (χ0v) is 45.9. The first kappa shape index (κ1) is 60.1. The number of rotatable bonds is 19. The van der Waals surface area contributed by atoms with Gasteiger partial charge in [0.05, 0.1) is 52.2 Å². The number of halogens is 6. The quantitative estimate of drug-likeness (QED) is 0.0245. The fourth-order valence-electron chi connectivity index (χ4n) is 9.87. The second-order valence-corrected chi connectivity index (χ2v) is 21.3. The summed E-state index contributed by atoms with van der Waals surface area (Å²) in [6.07, 6.45) is -0.176. The van der Waals surface area contributed by atoms with Crippen molar-refractivity contribution in [1.29, 1.82) is 0 Å². The summed E-state index contributed by atoms with van der Waals surface area (Å²) in [7, 11) is -5.99. The smallest absolute Gasteiger partial charge is 0.466 e. The van der Waals surface area contributed by atoms with Crippen molar-refractivity contribution in [1.82, 2.24) is 29.7 Å². The molecule has 2 aliphatic rings. The van der Waals surface area contributed by atoms with Crippen LogP contribution in [0.15, 0.2) is 121 Å². The number of fused-ring (bicyclic) bond motifs is 2. The van der Waals surface area contributed by atoms with Gasteiger partial charge in [-0.3, -0.25) is 19.2 Å². The van der Waals surface area contributed by atoms with Crippen LogP contribution >= 0.6 is 0 Å². The summed E-state index contributed by atoms with van der Waals surface area (Å²) < 4.78 is 116. The van der Waals surface area contributed by atoms with Crippen molar-refractivity contribution in [3.8, 4) is 17.1 Å². The Labute approximate surface area is 470 Å². The molecule has 0 bridgehead atoms. The molecule has 7 aromatic rings. The zero-order valence-electron chi connectivity index (χ0n) is 45.0. The molecular weight excluding hydrogens is 1090 g/mol. The standard InChI is InChI=1S/C33H32F3N3O3.C27H28F3N3O6S/c1-2-42-30(40)11-7-6-10-28-31(23-12-15-26(16-13-23)33(34,35)36)38-27-17-14-24(20-29(27)37-28)32(41)39-19-18-25(21-39)22-8-4-3-5-9-22;1-2-38-24(34)11-7-6-10-22-25(39-40(36,37)27(28,29)30)32-21-13-12-19(16-23(21)31-22)26(35)33-15-14-20(17-33)18-8-4-3-5-9-18/h3-5,8-9,12-17,20,25H,2,6-7,10-11,18-19,21H2,1H3;3-5,8-9,12-13,16,20H,2,6-7,10-11,14-15,17H2,1H3. The van der Waals surface area contributed by atoms with Gasteiger partial charge in [0.2, 0.25) is 0 Å². The van der Waals surface area contributed by atoms with E-state index in [-0.39, 0.29) is 72.7 Å². The highest BCUT2D eigenvalue weighted by molar-refractivity contribution is 7.88. The number of aryl methyl sites for hydroxylation is 2. The summed E-state index contributed by atoms with van der Waals surface area (Å²) in [4.78, 5) is 71.5. The molecule has 0 N–H and O–H groups in total. The fraction of sp³-hybridized carbons (Fsp3) is 0.367. The topological polar surface area (TPSA) is 188 Å². The van der Waals surface area contributed by atoms with Crippen molar-refractivity contribution in [3.05, 3.63) is 161 Å². The number of benzene rings is 5. The third-order valence-electron chi connectivity index (χ3n) is 14.1. The molecule has 15 nitrogen and oxygen atoms in total. The summed E-state index contributed by atoms with van der Waals surface area (Å²) >= 11 is 0. The molecule has 2 aromatic heterocycles. The van der Waals surface area contributed by atoms with Crippen LogP contribution in [0.5, 0.6) is 5.88 Å². The van der Waals surface area contributed by atoms with E-state index in [9.17, 15) is 53.9 Å². The van der Waals surface area contributed by atoms with Crippen LogP contribution in [0.1, 0.15) is 126 Å². The first-order valence-corrected chi connectivity index (χ1v) is 28.4. The minimum absolute atomic E-state index is 0.0197. The second kappa shape index (κ2) is 26.7. The number of aromatic nitrogens is 4. The lowest BCUT2D eigenvalue weighted by Crippen LogP contribution is -2.29. The Morgan fingerprint density at radius 1 is 0.561 bits per heavy atom. The molecule has 0 aliphatic carbocycles. The first-order chi connectivity index (χ1) is 39.2. The number of nitrogens with zero attached hydrogens (tertiary/aromatic N) is 6. The molecule has 2 saturated heterocycles. The Morgan fingerprint density at radius 3 is 1.49 bits per heavy atom. The lowest BCUT2D eigenvalue weighted by molar-refractivity contribution is -0.144. The van der Waals surface area contributed by atoms with E-state index >= 15 is 0 Å². The lowest BCUT2D eigenvalue weighted by atomic mass is 9.99. The number of ether oxygens (including phenoxy) is 2. The molecule has 0 saturated carbocycles. The van der Waals surface area contributed by atoms with Gasteiger partial charge in [0.15, 0.2) is 0 Å². The van der Waals surface area contributed by atoms with E-state index in [0.717, 1.165) is 30.5 Å². The Morgan fingerprint density at radius 2 is 1.02 bits per heavy atom. The number of esters is 2.